The zero-order valence-electron chi connectivity index (χ0n) is 16.7. The number of fused-ring (bicyclic) bond motifs is 1. The summed E-state index contributed by atoms with van der Waals surface area (Å²) in [4.78, 5) is 14.5. The summed E-state index contributed by atoms with van der Waals surface area (Å²) in [5, 5.41) is 3.04. The minimum absolute atomic E-state index is 0.224. The number of thiazole rings is 1. The Labute approximate surface area is 223 Å². The molecule has 0 N–H and O–H groups in total. The van der Waals surface area contributed by atoms with E-state index in [4.69, 9.17) is 9.98 Å². The first kappa shape index (κ1) is 23.1. The van der Waals surface area contributed by atoms with E-state index >= 15 is 0 Å². The minimum Gasteiger partial charge on any atom is -0.357 e. The maximum Gasteiger partial charge on any atom is 0.123 e. The van der Waals surface area contributed by atoms with Gasteiger partial charge in [-0.2, -0.15) is 0 Å². The van der Waals surface area contributed by atoms with Gasteiger partial charge in [-0.3, -0.25) is 4.90 Å². The van der Waals surface area contributed by atoms with Gasteiger partial charge >= 0.3 is 0 Å². The van der Waals surface area contributed by atoms with Gasteiger partial charge in [0.05, 0.1) is 15.9 Å². The zero-order valence-corrected chi connectivity index (χ0v) is 23.9. The Balaban J connectivity index is 1.21. The van der Waals surface area contributed by atoms with Gasteiger partial charge in [-0.25, -0.2) is 14.4 Å². The Hall–Kier alpha value is -0.650. The van der Waals surface area contributed by atoms with Gasteiger partial charge < -0.3 is 4.90 Å². The molecule has 0 spiro atoms. The maximum atomic E-state index is 13.2. The maximum absolute atomic E-state index is 13.2. The van der Waals surface area contributed by atoms with Gasteiger partial charge in [0.2, 0.25) is 0 Å². The number of aliphatic imine (C=N–C) groups is 1. The molecule has 1 saturated heterocycles. The molecular formula is C22H17Br4FN4S. The number of nitrogens with zero attached hydrogens (tertiary/aromatic N) is 4. The molecule has 2 aromatic carbocycles. The lowest BCUT2D eigenvalue weighted by molar-refractivity contribution is 0.173. The van der Waals surface area contributed by atoms with Crippen LogP contribution in [0.5, 0.6) is 0 Å². The van der Waals surface area contributed by atoms with Gasteiger partial charge in [-0.15, -0.1) is 11.3 Å². The molecule has 1 aromatic heterocycles. The van der Waals surface area contributed by atoms with E-state index in [1.807, 2.05) is 0 Å². The van der Waals surface area contributed by atoms with Crippen molar-refractivity contribution < 1.29 is 4.39 Å². The summed E-state index contributed by atoms with van der Waals surface area (Å²) in [6.45, 7) is 4.65. The fourth-order valence-electron chi connectivity index (χ4n) is 3.95. The minimum atomic E-state index is -0.224. The highest BCUT2D eigenvalue weighted by Crippen LogP contribution is 2.48. The van der Waals surface area contributed by atoms with Crippen LogP contribution in [0.4, 0.5) is 10.1 Å². The van der Waals surface area contributed by atoms with Crippen LogP contribution in [-0.4, -0.2) is 46.8 Å². The van der Waals surface area contributed by atoms with Gasteiger partial charge in [-0.1, -0.05) is 0 Å². The first-order valence-corrected chi connectivity index (χ1v) is 14.1. The Morgan fingerprint density at radius 2 is 1.59 bits per heavy atom. The summed E-state index contributed by atoms with van der Waals surface area (Å²) in [7, 11) is 0. The van der Waals surface area contributed by atoms with E-state index in [9.17, 15) is 4.39 Å². The average molecular weight is 708 g/mol. The first-order chi connectivity index (χ1) is 15.4. The topological polar surface area (TPSA) is 31.7 Å². The van der Waals surface area contributed by atoms with Gasteiger partial charge in [0.25, 0.3) is 0 Å². The zero-order chi connectivity index (χ0) is 22.4. The number of hydrogen-bond donors (Lipinski definition) is 0. The van der Waals surface area contributed by atoms with Gasteiger partial charge in [-0.05, 0) is 88.0 Å². The van der Waals surface area contributed by atoms with Crippen LogP contribution in [0.2, 0.25) is 0 Å². The van der Waals surface area contributed by atoms with Crippen molar-refractivity contribution in [1.29, 1.82) is 0 Å². The van der Waals surface area contributed by atoms with Gasteiger partial charge in [0.1, 0.15) is 16.7 Å². The van der Waals surface area contributed by atoms with Crippen molar-refractivity contribution in [1.82, 2.24) is 14.8 Å². The van der Waals surface area contributed by atoms with Crippen molar-refractivity contribution >= 4 is 86.6 Å². The quantitative estimate of drug-likeness (QED) is 0.210. The molecule has 3 heterocycles. The Kier molecular flexibility index (Phi) is 6.89. The molecule has 4 nitrogen and oxygen atoms in total. The highest BCUT2D eigenvalue weighted by atomic mass is 79.9. The molecule has 0 saturated carbocycles. The first-order valence-electron chi connectivity index (χ1n) is 10.0. The highest BCUT2D eigenvalue weighted by molar-refractivity contribution is 9.15. The lowest BCUT2D eigenvalue weighted by Gasteiger charge is -2.35. The van der Waals surface area contributed by atoms with Crippen LogP contribution in [-0.2, 0) is 13.0 Å². The van der Waals surface area contributed by atoms with Crippen LogP contribution < -0.4 is 0 Å². The summed E-state index contributed by atoms with van der Waals surface area (Å²) in [6, 6.07) is 6.53. The molecule has 0 unspecified atom stereocenters. The monoisotopic (exact) mass is 704 g/mol. The fourth-order valence-corrected chi connectivity index (χ4v) is 7.18. The van der Waals surface area contributed by atoms with Crippen molar-refractivity contribution in [2.75, 3.05) is 26.2 Å². The number of rotatable bonds is 3. The molecule has 0 aliphatic carbocycles. The summed E-state index contributed by atoms with van der Waals surface area (Å²) in [6.07, 6.45) is 0.827. The van der Waals surface area contributed by atoms with Gasteiger partial charge in [0, 0.05) is 69.1 Å². The number of aromatic nitrogens is 1. The van der Waals surface area contributed by atoms with E-state index in [0.29, 0.717) is 0 Å². The second-order valence-corrected chi connectivity index (χ2v) is 11.7. The van der Waals surface area contributed by atoms with Crippen LogP contribution in [0, 0.1) is 5.82 Å². The van der Waals surface area contributed by atoms with Crippen LogP contribution in [0.1, 0.15) is 11.3 Å². The smallest absolute Gasteiger partial charge is 0.123 e. The van der Waals surface area contributed by atoms with E-state index in [1.165, 1.54) is 17.7 Å². The van der Waals surface area contributed by atoms with Gasteiger partial charge in [0.15, 0.2) is 0 Å². The summed E-state index contributed by atoms with van der Waals surface area (Å²) < 4.78 is 17.2. The van der Waals surface area contributed by atoms with Crippen molar-refractivity contribution in [2.24, 2.45) is 4.99 Å². The molecule has 0 bridgehead atoms. The lowest BCUT2D eigenvalue weighted by atomic mass is 10.1. The molecule has 32 heavy (non-hydrogen) atoms. The molecule has 10 heteroatoms. The Morgan fingerprint density at radius 3 is 2.31 bits per heavy atom. The predicted molar refractivity (Wildman–Crippen MR) is 142 cm³/mol. The second kappa shape index (κ2) is 9.54. The summed E-state index contributed by atoms with van der Waals surface area (Å²) >= 11 is 16.3. The predicted octanol–water partition coefficient (Wildman–Crippen LogP) is 7.40. The average Bonchev–Trinajstić information content (AvgIpc) is 3.45. The number of halogens is 5. The molecule has 3 aromatic rings. The largest absolute Gasteiger partial charge is 0.357 e. The van der Waals surface area contributed by atoms with Crippen molar-refractivity contribution in [2.45, 2.75) is 13.0 Å². The standard InChI is InChI=1S/C22H17Br4FN4S/c23-17-15-9-16(29-21(15)20(26)19(25)18(17)24)31-7-5-30(6-8-31)10-14-11-32-22(28-14)12-1-3-13(27)4-2-12/h1-4,11H,5-10H2. The van der Waals surface area contributed by atoms with Crippen LogP contribution >= 0.6 is 75.1 Å². The molecule has 2 aliphatic rings. The normalized spacial score (nSPS) is 16.4. The Morgan fingerprint density at radius 1 is 0.906 bits per heavy atom. The number of benzene rings is 2. The third-order valence-electron chi connectivity index (χ3n) is 5.68. The SMILES string of the molecule is Fc1ccc(-c2nc(CN3CCN(C4=Nc5c(Br)c(Br)c(Br)c(Br)c5C4)CC3)cs2)cc1. The highest BCUT2D eigenvalue weighted by Gasteiger charge is 2.29. The van der Waals surface area contributed by atoms with E-state index < -0.39 is 0 Å². The third-order valence-corrected chi connectivity index (χ3v) is 11.4. The van der Waals surface area contributed by atoms with Crippen LogP contribution in [0.25, 0.3) is 10.6 Å². The Bertz CT molecular complexity index is 1200. The van der Waals surface area contributed by atoms with E-state index in [1.54, 1.807) is 23.5 Å². The molecule has 0 radical (unpaired) electrons. The van der Waals surface area contributed by atoms with E-state index in [0.717, 1.165) is 84.8 Å². The molecular weight excluding hydrogens is 691 g/mol. The van der Waals surface area contributed by atoms with Crippen molar-refractivity contribution in [3.8, 4) is 10.6 Å². The molecule has 5 rings (SSSR count). The van der Waals surface area contributed by atoms with E-state index in [-0.39, 0.29) is 5.82 Å². The van der Waals surface area contributed by atoms with Crippen molar-refractivity contribution in [3.63, 3.8) is 0 Å². The lowest BCUT2D eigenvalue weighted by Crippen LogP contribution is -2.48. The number of amidine groups is 1. The summed E-state index contributed by atoms with van der Waals surface area (Å²) in [5.41, 5.74) is 4.23. The third kappa shape index (κ3) is 4.51. The molecule has 166 valence electrons. The van der Waals surface area contributed by atoms with Crippen molar-refractivity contribution in [3.05, 3.63) is 64.6 Å². The molecule has 0 atom stereocenters. The molecule has 2 aliphatic heterocycles. The van der Waals surface area contributed by atoms with Crippen LogP contribution in [0.15, 0.2) is 52.5 Å². The fraction of sp³-hybridized carbons (Fsp3) is 0.273. The number of piperazine rings is 1. The number of hydrogen-bond acceptors (Lipinski definition) is 5. The summed E-state index contributed by atoms with van der Waals surface area (Å²) in [5.74, 6) is 0.900. The molecule has 1 fully saturated rings. The van der Waals surface area contributed by atoms with Crippen LogP contribution in [0.3, 0.4) is 0 Å². The second-order valence-electron chi connectivity index (χ2n) is 7.70. The molecule has 0 amide bonds. The van der Waals surface area contributed by atoms with E-state index in [2.05, 4.69) is 78.9 Å².